The normalized spacial score (nSPS) is 10.3. The molecule has 0 saturated heterocycles. The summed E-state index contributed by atoms with van der Waals surface area (Å²) in [6.07, 6.45) is 2.41. The highest BCUT2D eigenvalue weighted by Crippen LogP contribution is 2.23. The molecule has 2 aromatic rings. The molecule has 0 radical (unpaired) electrons. The fourth-order valence-corrected chi connectivity index (χ4v) is 2.57. The van der Waals surface area contributed by atoms with Crippen LogP contribution in [0.5, 0.6) is 0 Å². The third kappa shape index (κ3) is 2.88. The molecule has 1 amide bonds. The Morgan fingerprint density at radius 2 is 2.32 bits per heavy atom. The highest BCUT2D eigenvalue weighted by molar-refractivity contribution is 7.15. The lowest BCUT2D eigenvalue weighted by Gasteiger charge is -2.06. The van der Waals surface area contributed by atoms with Crippen molar-refractivity contribution in [1.82, 2.24) is 9.97 Å². The molecule has 4 N–H and O–H groups in total. The van der Waals surface area contributed by atoms with Crippen LogP contribution in [-0.2, 0) is 6.42 Å². The second-order valence-electron chi connectivity index (χ2n) is 3.87. The molecular weight excluding hydrogens is 262 g/mol. The van der Waals surface area contributed by atoms with Crippen LogP contribution in [-0.4, -0.2) is 15.9 Å². The number of nitrogen functional groups attached to an aromatic ring is 1. The van der Waals surface area contributed by atoms with Gasteiger partial charge in [0.05, 0.1) is 11.3 Å². The number of nitrogens with zero attached hydrogens (tertiary/aromatic N) is 2. The van der Waals surface area contributed by atoms with Crippen molar-refractivity contribution in [3.8, 4) is 0 Å². The number of anilines is 2. The lowest BCUT2D eigenvalue weighted by molar-refractivity contribution is 0.102. The number of aromatic nitrogens is 2. The average molecular weight is 277 g/mol. The van der Waals surface area contributed by atoms with Crippen molar-refractivity contribution in [2.24, 2.45) is 5.84 Å². The minimum Gasteiger partial charge on any atom is -0.308 e. The van der Waals surface area contributed by atoms with Gasteiger partial charge in [-0.15, -0.1) is 11.3 Å². The highest BCUT2D eigenvalue weighted by atomic mass is 32.1. The van der Waals surface area contributed by atoms with E-state index in [-0.39, 0.29) is 5.91 Å². The van der Waals surface area contributed by atoms with Crippen LogP contribution in [0.2, 0.25) is 0 Å². The Bertz CT molecular complexity index is 596. The fraction of sp³-hybridized carbons (Fsp3) is 0.250. The standard InChI is InChI=1S/C12H15N5OS/c1-3-9-7(2)19-12(15-9)16-11(18)8-5-4-6-14-10(8)17-13/h4-6H,3,13H2,1-2H3,(H,14,17)(H,15,16,18). The molecule has 0 unspecified atom stereocenters. The summed E-state index contributed by atoms with van der Waals surface area (Å²) in [5, 5.41) is 3.35. The smallest absolute Gasteiger partial charge is 0.261 e. The van der Waals surface area contributed by atoms with Crippen LogP contribution in [0.1, 0.15) is 27.9 Å². The average Bonchev–Trinajstić information content (AvgIpc) is 2.78. The van der Waals surface area contributed by atoms with E-state index in [9.17, 15) is 4.79 Å². The van der Waals surface area contributed by atoms with Crippen LogP contribution in [0.15, 0.2) is 18.3 Å². The second-order valence-corrected chi connectivity index (χ2v) is 5.08. The summed E-state index contributed by atoms with van der Waals surface area (Å²) in [5.74, 6) is 5.38. The van der Waals surface area contributed by atoms with Crippen molar-refractivity contribution >= 4 is 28.2 Å². The Labute approximate surface area is 115 Å². The number of hydrazine groups is 1. The fourth-order valence-electron chi connectivity index (χ4n) is 1.68. The van der Waals surface area contributed by atoms with Gasteiger partial charge in [-0.1, -0.05) is 6.92 Å². The molecule has 0 saturated carbocycles. The van der Waals surface area contributed by atoms with Crippen LogP contribution < -0.4 is 16.6 Å². The highest BCUT2D eigenvalue weighted by Gasteiger charge is 2.14. The zero-order valence-electron chi connectivity index (χ0n) is 10.7. The summed E-state index contributed by atoms with van der Waals surface area (Å²) in [7, 11) is 0. The molecule has 100 valence electrons. The van der Waals surface area contributed by atoms with E-state index in [1.54, 1.807) is 18.3 Å². The lowest BCUT2D eigenvalue weighted by Crippen LogP contribution is -2.18. The number of hydrogen-bond acceptors (Lipinski definition) is 6. The molecule has 0 aliphatic heterocycles. The van der Waals surface area contributed by atoms with Gasteiger partial charge in [-0.25, -0.2) is 15.8 Å². The Morgan fingerprint density at radius 1 is 1.53 bits per heavy atom. The maximum Gasteiger partial charge on any atom is 0.261 e. The van der Waals surface area contributed by atoms with Crippen molar-refractivity contribution < 1.29 is 4.79 Å². The predicted octanol–water partition coefficient (Wildman–Crippen LogP) is 1.95. The van der Waals surface area contributed by atoms with Crippen LogP contribution in [0, 0.1) is 6.92 Å². The summed E-state index contributed by atoms with van der Waals surface area (Å²) in [4.78, 5) is 21.6. The molecule has 2 aromatic heterocycles. The first-order valence-electron chi connectivity index (χ1n) is 5.85. The van der Waals surface area contributed by atoms with E-state index in [1.165, 1.54) is 11.3 Å². The summed E-state index contributed by atoms with van der Waals surface area (Å²) in [5.41, 5.74) is 3.79. The SMILES string of the molecule is CCc1nc(NC(=O)c2cccnc2NN)sc1C. The molecule has 6 nitrogen and oxygen atoms in total. The zero-order valence-corrected chi connectivity index (χ0v) is 11.5. The second kappa shape index (κ2) is 5.77. The van der Waals surface area contributed by atoms with E-state index >= 15 is 0 Å². The van der Waals surface area contributed by atoms with E-state index in [0.29, 0.717) is 16.5 Å². The molecule has 0 fully saturated rings. The van der Waals surface area contributed by atoms with E-state index < -0.39 is 0 Å². The van der Waals surface area contributed by atoms with Crippen LogP contribution >= 0.6 is 11.3 Å². The van der Waals surface area contributed by atoms with Gasteiger partial charge in [0.1, 0.15) is 0 Å². The van der Waals surface area contributed by atoms with Gasteiger partial charge in [0.15, 0.2) is 10.9 Å². The van der Waals surface area contributed by atoms with Crippen LogP contribution in [0.3, 0.4) is 0 Å². The number of thiazole rings is 1. The number of nitrogens with one attached hydrogen (secondary N) is 2. The number of amides is 1. The molecule has 0 aromatic carbocycles. The van der Waals surface area contributed by atoms with E-state index in [2.05, 4.69) is 20.7 Å². The molecular formula is C12H15N5OS. The quantitative estimate of drug-likeness (QED) is 0.586. The van der Waals surface area contributed by atoms with Crippen LogP contribution in [0.25, 0.3) is 0 Å². The first-order chi connectivity index (χ1) is 9.15. The Hall–Kier alpha value is -1.99. The number of carbonyl (C=O) groups excluding carboxylic acids is 1. The number of pyridine rings is 1. The van der Waals surface area contributed by atoms with E-state index in [1.807, 2.05) is 13.8 Å². The van der Waals surface area contributed by atoms with Gasteiger partial charge in [0.25, 0.3) is 5.91 Å². The maximum atomic E-state index is 12.1. The van der Waals surface area contributed by atoms with Gasteiger partial charge in [-0.05, 0) is 25.5 Å². The number of rotatable bonds is 4. The summed E-state index contributed by atoms with van der Waals surface area (Å²) >= 11 is 1.46. The molecule has 7 heteroatoms. The number of aryl methyl sites for hydroxylation is 2. The van der Waals surface area contributed by atoms with Crippen molar-refractivity contribution in [2.75, 3.05) is 10.7 Å². The minimum atomic E-state index is -0.280. The first-order valence-corrected chi connectivity index (χ1v) is 6.66. The predicted molar refractivity (Wildman–Crippen MR) is 76.2 cm³/mol. The van der Waals surface area contributed by atoms with Crippen LogP contribution in [0.4, 0.5) is 10.9 Å². The first kappa shape index (κ1) is 13.4. The Kier molecular flexibility index (Phi) is 4.08. The third-order valence-electron chi connectivity index (χ3n) is 2.64. The van der Waals surface area contributed by atoms with Gasteiger partial charge in [0, 0.05) is 11.1 Å². The maximum absolute atomic E-state index is 12.1. The van der Waals surface area contributed by atoms with Crippen molar-refractivity contribution in [1.29, 1.82) is 0 Å². The van der Waals surface area contributed by atoms with Gasteiger partial charge < -0.3 is 5.43 Å². The van der Waals surface area contributed by atoms with Gasteiger partial charge >= 0.3 is 0 Å². The molecule has 0 aliphatic rings. The van der Waals surface area contributed by atoms with E-state index in [4.69, 9.17) is 5.84 Å². The summed E-state index contributed by atoms with van der Waals surface area (Å²) in [6.45, 7) is 4.02. The molecule has 0 atom stereocenters. The summed E-state index contributed by atoms with van der Waals surface area (Å²) in [6, 6.07) is 3.33. The zero-order chi connectivity index (χ0) is 13.8. The van der Waals surface area contributed by atoms with Crippen molar-refractivity contribution in [2.45, 2.75) is 20.3 Å². The number of hydrogen-bond donors (Lipinski definition) is 3. The largest absolute Gasteiger partial charge is 0.308 e. The number of nitrogens with two attached hydrogens (primary N) is 1. The van der Waals surface area contributed by atoms with Crippen molar-refractivity contribution in [3.63, 3.8) is 0 Å². The summed E-state index contributed by atoms with van der Waals surface area (Å²) < 4.78 is 0. The minimum absolute atomic E-state index is 0.280. The molecule has 0 aliphatic carbocycles. The monoisotopic (exact) mass is 277 g/mol. The molecule has 0 bridgehead atoms. The lowest BCUT2D eigenvalue weighted by atomic mass is 10.2. The van der Waals surface area contributed by atoms with Gasteiger partial charge in [-0.3, -0.25) is 10.1 Å². The number of carbonyl (C=O) groups is 1. The topological polar surface area (TPSA) is 92.9 Å². The molecule has 0 spiro atoms. The Morgan fingerprint density at radius 3 is 2.95 bits per heavy atom. The van der Waals surface area contributed by atoms with E-state index in [0.717, 1.165) is 17.0 Å². The third-order valence-corrected chi connectivity index (χ3v) is 3.57. The Balaban J connectivity index is 2.20. The van der Waals surface area contributed by atoms with Crippen molar-refractivity contribution in [3.05, 3.63) is 34.5 Å². The molecule has 2 heterocycles. The molecule has 19 heavy (non-hydrogen) atoms. The van der Waals surface area contributed by atoms with Gasteiger partial charge in [-0.2, -0.15) is 0 Å². The molecule has 2 rings (SSSR count). The van der Waals surface area contributed by atoms with Gasteiger partial charge in [0.2, 0.25) is 0 Å².